The van der Waals surface area contributed by atoms with Gasteiger partial charge < -0.3 is 10.6 Å². The maximum Gasteiger partial charge on any atom is 0.270 e. The summed E-state index contributed by atoms with van der Waals surface area (Å²) < 4.78 is 0. The van der Waals surface area contributed by atoms with Crippen molar-refractivity contribution < 1.29 is 9.72 Å². The van der Waals surface area contributed by atoms with Crippen molar-refractivity contribution in [2.24, 2.45) is 5.41 Å². The van der Waals surface area contributed by atoms with Crippen molar-refractivity contribution in [1.29, 1.82) is 0 Å². The van der Waals surface area contributed by atoms with Crippen molar-refractivity contribution in [3.05, 3.63) is 33.9 Å². The SMILES string of the molecule is CNc1ccc([N+](=O)[O-])cc1C(=O)NCC1(C)CC1. The molecule has 0 saturated heterocycles. The van der Waals surface area contributed by atoms with Gasteiger partial charge in [-0.15, -0.1) is 0 Å². The molecule has 1 saturated carbocycles. The average Bonchev–Trinajstić information content (AvgIpc) is 3.13. The monoisotopic (exact) mass is 263 g/mol. The van der Waals surface area contributed by atoms with E-state index in [-0.39, 0.29) is 17.0 Å². The lowest BCUT2D eigenvalue weighted by atomic mass is 10.1. The van der Waals surface area contributed by atoms with E-state index >= 15 is 0 Å². The summed E-state index contributed by atoms with van der Waals surface area (Å²) in [4.78, 5) is 22.4. The van der Waals surface area contributed by atoms with Crippen LogP contribution in [-0.4, -0.2) is 24.4 Å². The summed E-state index contributed by atoms with van der Waals surface area (Å²) in [6.45, 7) is 2.72. The van der Waals surface area contributed by atoms with Gasteiger partial charge in [-0.05, 0) is 24.3 Å². The van der Waals surface area contributed by atoms with Gasteiger partial charge in [-0.25, -0.2) is 0 Å². The number of rotatable bonds is 5. The second-order valence-electron chi connectivity index (χ2n) is 5.23. The quantitative estimate of drug-likeness (QED) is 0.629. The Balaban J connectivity index is 2.17. The number of hydrogen-bond donors (Lipinski definition) is 2. The van der Waals surface area contributed by atoms with Crippen LogP contribution in [0, 0.1) is 15.5 Å². The predicted octanol–water partition coefficient (Wildman–Crippen LogP) is 2.17. The molecule has 19 heavy (non-hydrogen) atoms. The van der Waals surface area contributed by atoms with Crippen molar-refractivity contribution in [1.82, 2.24) is 5.32 Å². The van der Waals surface area contributed by atoms with Crippen LogP contribution >= 0.6 is 0 Å². The van der Waals surface area contributed by atoms with Crippen molar-refractivity contribution in [3.8, 4) is 0 Å². The number of amides is 1. The summed E-state index contributed by atoms with van der Waals surface area (Å²) in [5.41, 5.74) is 1.02. The van der Waals surface area contributed by atoms with Crippen molar-refractivity contribution in [3.63, 3.8) is 0 Å². The van der Waals surface area contributed by atoms with E-state index in [4.69, 9.17) is 0 Å². The number of benzene rings is 1. The highest BCUT2D eigenvalue weighted by Gasteiger charge is 2.37. The first-order chi connectivity index (χ1) is 8.95. The minimum Gasteiger partial charge on any atom is -0.387 e. The highest BCUT2D eigenvalue weighted by atomic mass is 16.6. The maximum absolute atomic E-state index is 12.1. The third-order valence-corrected chi connectivity index (χ3v) is 3.51. The number of hydrogen-bond acceptors (Lipinski definition) is 4. The van der Waals surface area contributed by atoms with Gasteiger partial charge in [0.15, 0.2) is 0 Å². The summed E-state index contributed by atoms with van der Waals surface area (Å²) in [6, 6.07) is 4.23. The van der Waals surface area contributed by atoms with Gasteiger partial charge in [0.05, 0.1) is 10.5 Å². The Morgan fingerprint density at radius 1 is 1.47 bits per heavy atom. The van der Waals surface area contributed by atoms with E-state index in [1.165, 1.54) is 12.1 Å². The Labute approximate surface area is 111 Å². The zero-order valence-electron chi connectivity index (χ0n) is 11.0. The molecule has 2 N–H and O–H groups in total. The maximum atomic E-state index is 12.1. The van der Waals surface area contributed by atoms with Gasteiger partial charge in [0.2, 0.25) is 0 Å². The van der Waals surface area contributed by atoms with Crippen LogP contribution in [0.4, 0.5) is 11.4 Å². The molecule has 102 valence electrons. The van der Waals surface area contributed by atoms with Crippen molar-refractivity contribution >= 4 is 17.3 Å². The molecule has 0 aromatic heterocycles. The molecule has 0 spiro atoms. The van der Waals surface area contributed by atoms with Gasteiger partial charge in [-0.3, -0.25) is 14.9 Å². The van der Waals surface area contributed by atoms with E-state index in [1.807, 2.05) is 0 Å². The molecule has 6 heteroatoms. The molecular formula is C13H17N3O3. The third-order valence-electron chi connectivity index (χ3n) is 3.51. The summed E-state index contributed by atoms with van der Waals surface area (Å²) in [6.07, 6.45) is 2.22. The molecule has 0 atom stereocenters. The van der Waals surface area contributed by atoms with E-state index in [0.717, 1.165) is 12.8 Å². The molecule has 1 aliphatic rings. The van der Waals surface area contributed by atoms with Gasteiger partial charge >= 0.3 is 0 Å². The summed E-state index contributed by atoms with van der Waals surface area (Å²) >= 11 is 0. The Morgan fingerprint density at radius 2 is 2.16 bits per heavy atom. The van der Waals surface area contributed by atoms with E-state index in [0.29, 0.717) is 17.8 Å². The average molecular weight is 263 g/mol. The van der Waals surface area contributed by atoms with Crippen LogP contribution in [0.15, 0.2) is 18.2 Å². The van der Waals surface area contributed by atoms with Crippen LogP contribution < -0.4 is 10.6 Å². The number of carbonyl (C=O) groups excluding carboxylic acids is 1. The fourth-order valence-electron chi connectivity index (χ4n) is 1.83. The minimum atomic E-state index is -0.502. The molecular weight excluding hydrogens is 246 g/mol. The number of anilines is 1. The van der Waals surface area contributed by atoms with Crippen LogP contribution in [0.3, 0.4) is 0 Å². The molecule has 6 nitrogen and oxygen atoms in total. The number of nitro groups is 1. The summed E-state index contributed by atoms with van der Waals surface area (Å²) in [5.74, 6) is -0.277. The smallest absolute Gasteiger partial charge is 0.270 e. The van der Waals surface area contributed by atoms with Crippen molar-refractivity contribution in [2.45, 2.75) is 19.8 Å². The van der Waals surface area contributed by atoms with Crippen LogP contribution in [0.5, 0.6) is 0 Å². The van der Waals surface area contributed by atoms with Crippen molar-refractivity contribution in [2.75, 3.05) is 18.9 Å². The number of carbonyl (C=O) groups is 1. The zero-order valence-corrected chi connectivity index (χ0v) is 11.0. The molecule has 1 aliphatic carbocycles. The minimum absolute atomic E-state index is 0.0817. The van der Waals surface area contributed by atoms with Gasteiger partial charge in [0, 0.05) is 31.4 Å². The molecule has 1 aromatic carbocycles. The zero-order chi connectivity index (χ0) is 14.0. The first-order valence-corrected chi connectivity index (χ1v) is 6.20. The lowest BCUT2D eigenvalue weighted by Crippen LogP contribution is -2.29. The summed E-state index contributed by atoms with van der Waals surface area (Å²) in [7, 11) is 1.68. The third kappa shape index (κ3) is 3.01. The Hall–Kier alpha value is -2.11. The van der Waals surface area contributed by atoms with Crippen LogP contribution in [-0.2, 0) is 0 Å². The molecule has 1 aromatic rings. The molecule has 1 fully saturated rings. The van der Waals surface area contributed by atoms with Crippen LogP contribution in [0.25, 0.3) is 0 Å². The Morgan fingerprint density at radius 3 is 2.68 bits per heavy atom. The Bertz CT molecular complexity index is 524. The number of non-ortho nitro benzene ring substituents is 1. The highest BCUT2D eigenvalue weighted by Crippen LogP contribution is 2.44. The second-order valence-corrected chi connectivity index (χ2v) is 5.23. The lowest BCUT2D eigenvalue weighted by molar-refractivity contribution is -0.384. The molecule has 0 radical (unpaired) electrons. The first kappa shape index (κ1) is 13.3. The largest absolute Gasteiger partial charge is 0.387 e. The molecule has 2 rings (SSSR count). The summed E-state index contributed by atoms with van der Waals surface area (Å²) in [5, 5.41) is 16.5. The van der Waals surface area contributed by atoms with Gasteiger partial charge in [-0.2, -0.15) is 0 Å². The normalized spacial score (nSPS) is 15.7. The van der Waals surface area contributed by atoms with Crippen LogP contribution in [0.2, 0.25) is 0 Å². The molecule has 0 unspecified atom stereocenters. The molecule has 0 bridgehead atoms. The van der Waals surface area contributed by atoms with Gasteiger partial charge in [-0.1, -0.05) is 6.92 Å². The number of nitrogens with zero attached hydrogens (tertiary/aromatic N) is 1. The molecule has 0 heterocycles. The molecule has 1 amide bonds. The predicted molar refractivity (Wildman–Crippen MR) is 72.3 cm³/mol. The topological polar surface area (TPSA) is 84.3 Å². The first-order valence-electron chi connectivity index (χ1n) is 6.20. The lowest BCUT2D eigenvalue weighted by Gasteiger charge is -2.12. The second kappa shape index (κ2) is 4.87. The Kier molecular flexibility index (Phi) is 3.42. The number of nitro benzene ring substituents is 1. The van der Waals surface area contributed by atoms with E-state index in [9.17, 15) is 14.9 Å². The molecule has 0 aliphatic heterocycles. The standard InChI is InChI=1S/C13H17N3O3/c1-13(5-6-13)8-15-12(17)10-7-9(16(18)19)3-4-11(10)14-2/h3-4,7,14H,5-6,8H2,1-2H3,(H,15,17). The fraction of sp³-hybridized carbons (Fsp3) is 0.462. The fourth-order valence-corrected chi connectivity index (χ4v) is 1.83. The van der Waals surface area contributed by atoms with Crippen LogP contribution in [0.1, 0.15) is 30.1 Å². The van der Waals surface area contributed by atoms with Gasteiger partial charge in [0.25, 0.3) is 11.6 Å². The van der Waals surface area contributed by atoms with E-state index < -0.39 is 4.92 Å². The van der Waals surface area contributed by atoms with Gasteiger partial charge in [0.1, 0.15) is 0 Å². The van der Waals surface area contributed by atoms with E-state index in [1.54, 1.807) is 13.1 Å². The van der Waals surface area contributed by atoms with E-state index in [2.05, 4.69) is 17.6 Å². The number of nitrogens with one attached hydrogen (secondary N) is 2. The highest BCUT2D eigenvalue weighted by molar-refractivity contribution is 6.00.